The van der Waals surface area contributed by atoms with Gasteiger partial charge in [-0.05, 0) is 43.4 Å². The maximum atomic E-state index is 11.2. The van der Waals surface area contributed by atoms with Gasteiger partial charge in [-0.1, -0.05) is 19.9 Å². The Hall–Kier alpha value is -1.71. The van der Waals surface area contributed by atoms with Crippen molar-refractivity contribution in [2.45, 2.75) is 40.0 Å². The number of phenolic OH excluding ortho intramolecular Hbond substituents is 1. The second-order valence-corrected chi connectivity index (χ2v) is 5.75. The van der Waals surface area contributed by atoms with Crippen molar-refractivity contribution in [3.8, 4) is 11.5 Å². The molecule has 0 aliphatic heterocycles. The highest BCUT2D eigenvalue weighted by Gasteiger charge is 2.29. The lowest BCUT2D eigenvalue weighted by Gasteiger charge is -2.21. The molecule has 4 nitrogen and oxygen atoms in total. The van der Waals surface area contributed by atoms with Gasteiger partial charge in [-0.25, -0.2) is 0 Å². The van der Waals surface area contributed by atoms with E-state index in [-0.39, 0.29) is 18.1 Å². The maximum Gasteiger partial charge on any atom is 0.309 e. The smallest absolute Gasteiger partial charge is 0.309 e. The molecule has 0 aliphatic carbocycles. The van der Waals surface area contributed by atoms with Crippen molar-refractivity contribution in [3.05, 3.63) is 23.3 Å². The quantitative estimate of drug-likeness (QED) is 0.859. The van der Waals surface area contributed by atoms with Gasteiger partial charge in [0.2, 0.25) is 0 Å². The Kier molecular flexibility index (Phi) is 4.45. The number of carboxylic acid groups (broad SMARTS) is 1. The number of aliphatic carboxylic acids is 1. The van der Waals surface area contributed by atoms with Crippen LogP contribution in [0.5, 0.6) is 11.5 Å². The van der Waals surface area contributed by atoms with Crippen molar-refractivity contribution >= 4 is 5.97 Å². The first-order valence-electron chi connectivity index (χ1n) is 6.32. The van der Waals surface area contributed by atoms with Crippen LogP contribution in [-0.2, 0) is 11.2 Å². The molecule has 0 bridgehead atoms. The van der Waals surface area contributed by atoms with Crippen molar-refractivity contribution < 1.29 is 19.7 Å². The summed E-state index contributed by atoms with van der Waals surface area (Å²) in [5, 5.41) is 19.3. The molecule has 0 atom stereocenters. The standard InChI is InChI=1S/C15H22O4/c1-9(2)10-6-11(8-15(3,4)14(17)18)13(16)12(7-10)19-5/h6-7,9,16H,8H2,1-5H3,(H,17,18). The third-order valence-corrected chi connectivity index (χ3v) is 3.27. The molecule has 1 aromatic rings. The van der Waals surface area contributed by atoms with Gasteiger partial charge in [0.15, 0.2) is 11.5 Å². The number of benzene rings is 1. The van der Waals surface area contributed by atoms with Crippen molar-refractivity contribution in [1.29, 1.82) is 0 Å². The minimum absolute atomic E-state index is 0.0289. The van der Waals surface area contributed by atoms with Crippen molar-refractivity contribution in [2.24, 2.45) is 5.41 Å². The number of carboxylic acids is 1. The highest BCUT2D eigenvalue weighted by atomic mass is 16.5. The van der Waals surface area contributed by atoms with E-state index in [1.165, 1.54) is 7.11 Å². The maximum absolute atomic E-state index is 11.2. The molecule has 0 amide bonds. The minimum Gasteiger partial charge on any atom is -0.504 e. The number of methoxy groups -OCH3 is 1. The van der Waals surface area contributed by atoms with E-state index in [1.54, 1.807) is 19.9 Å². The molecule has 1 rings (SSSR count). The van der Waals surface area contributed by atoms with Gasteiger partial charge < -0.3 is 14.9 Å². The van der Waals surface area contributed by atoms with Crippen LogP contribution in [0.25, 0.3) is 0 Å². The Labute approximate surface area is 114 Å². The topological polar surface area (TPSA) is 66.8 Å². The molecule has 0 saturated carbocycles. The lowest BCUT2D eigenvalue weighted by molar-refractivity contribution is -0.146. The number of hydrogen-bond acceptors (Lipinski definition) is 3. The average molecular weight is 266 g/mol. The predicted molar refractivity (Wildman–Crippen MR) is 73.9 cm³/mol. The molecule has 1 aromatic carbocycles. The van der Waals surface area contributed by atoms with Crippen LogP contribution in [0.4, 0.5) is 0 Å². The molecule has 0 heterocycles. The highest BCUT2D eigenvalue weighted by molar-refractivity contribution is 5.74. The Morgan fingerprint density at radius 2 is 1.95 bits per heavy atom. The molecule has 0 radical (unpaired) electrons. The molecule has 2 N–H and O–H groups in total. The summed E-state index contributed by atoms with van der Waals surface area (Å²) in [6, 6.07) is 3.64. The van der Waals surface area contributed by atoms with Crippen molar-refractivity contribution in [3.63, 3.8) is 0 Å². The third-order valence-electron chi connectivity index (χ3n) is 3.27. The highest BCUT2D eigenvalue weighted by Crippen LogP contribution is 2.37. The van der Waals surface area contributed by atoms with Crippen LogP contribution in [0.1, 0.15) is 44.7 Å². The molecule has 19 heavy (non-hydrogen) atoms. The zero-order chi connectivity index (χ0) is 14.8. The number of hydrogen-bond donors (Lipinski definition) is 2. The van der Waals surface area contributed by atoms with E-state index in [0.717, 1.165) is 5.56 Å². The van der Waals surface area contributed by atoms with Crippen LogP contribution >= 0.6 is 0 Å². The van der Waals surface area contributed by atoms with Gasteiger partial charge in [0.05, 0.1) is 12.5 Å². The Bertz CT molecular complexity index is 475. The van der Waals surface area contributed by atoms with Crippen molar-refractivity contribution in [2.75, 3.05) is 7.11 Å². The molecule has 4 heteroatoms. The van der Waals surface area contributed by atoms with Crippen LogP contribution in [0.3, 0.4) is 0 Å². The van der Waals surface area contributed by atoms with Gasteiger partial charge in [0.1, 0.15) is 0 Å². The van der Waals surface area contributed by atoms with E-state index in [0.29, 0.717) is 11.3 Å². The predicted octanol–water partition coefficient (Wildman–Crippen LogP) is 3.18. The number of ether oxygens (including phenoxy) is 1. The van der Waals surface area contributed by atoms with Gasteiger partial charge >= 0.3 is 5.97 Å². The summed E-state index contributed by atoms with van der Waals surface area (Å²) in [6.07, 6.45) is 0.255. The Morgan fingerprint density at radius 1 is 1.37 bits per heavy atom. The summed E-state index contributed by atoms with van der Waals surface area (Å²) in [6.45, 7) is 7.36. The zero-order valence-electron chi connectivity index (χ0n) is 12.2. The first kappa shape index (κ1) is 15.3. The van der Waals surface area contributed by atoms with E-state index in [1.807, 2.05) is 19.9 Å². The molecular weight excluding hydrogens is 244 g/mol. The number of aromatic hydroxyl groups is 1. The monoisotopic (exact) mass is 266 g/mol. The van der Waals surface area contributed by atoms with Crippen LogP contribution in [0.2, 0.25) is 0 Å². The minimum atomic E-state index is -0.932. The summed E-state index contributed by atoms with van der Waals surface area (Å²) >= 11 is 0. The van der Waals surface area contributed by atoms with Gasteiger partial charge in [-0.3, -0.25) is 4.79 Å². The van der Waals surface area contributed by atoms with Crippen molar-refractivity contribution in [1.82, 2.24) is 0 Å². The van der Waals surface area contributed by atoms with Gasteiger partial charge in [-0.2, -0.15) is 0 Å². The van der Waals surface area contributed by atoms with Crippen LogP contribution in [-0.4, -0.2) is 23.3 Å². The third kappa shape index (κ3) is 3.40. The fraction of sp³-hybridized carbons (Fsp3) is 0.533. The summed E-state index contributed by atoms with van der Waals surface area (Å²) in [7, 11) is 1.49. The molecule has 0 aromatic heterocycles. The first-order valence-corrected chi connectivity index (χ1v) is 6.32. The van der Waals surface area contributed by atoms with E-state index in [9.17, 15) is 15.0 Å². The normalized spacial score (nSPS) is 11.7. The number of rotatable bonds is 5. The number of phenols is 1. The van der Waals surface area contributed by atoms with E-state index in [4.69, 9.17) is 4.74 Å². The summed E-state index contributed by atoms with van der Waals surface area (Å²) in [5.74, 6) is -0.189. The average Bonchev–Trinajstić information content (AvgIpc) is 2.30. The fourth-order valence-corrected chi connectivity index (χ4v) is 1.86. The zero-order valence-corrected chi connectivity index (χ0v) is 12.2. The summed E-state index contributed by atoms with van der Waals surface area (Å²) in [4.78, 5) is 11.2. The van der Waals surface area contributed by atoms with Gasteiger partial charge in [-0.15, -0.1) is 0 Å². The molecule has 0 aliphatic rings. The fourth-order valence-electron chi connectivity index (χ4n) is 1.86. The number of carbonyl (C=O) groups is 1. The molecule has 0 saturated heterocycles. The lowest BCUT2D eigenvalue weighted by Crippen LogP contribution is -2.26. The van der Waals surface area contributed by atoms with Crippen LogP contribution in [0, 0.1) is 5.41 Å². The summed E-state index contributed by atoms with van der Waals surface area (Å²) in [5.41, 5.74) is 0.694. The van der Waals surface area contributed by atoms with E-state index >= 15 is 0 Å². The van der Waals surface area contributed by atoms with E-state index in [2.05, 4.69) is 0 Å². The second kappa shape index (κ2) is 5.51. The molecular formula is C15H22O4. The van der Waals surface area contributed by atoms with Crippen LogP contribution < -0.4 is 4.74 Å². The first-order chi connectivity index (χ1) is 8.69. The SMILES string of the molecule is COc1cc(C(C)C)cc(CC(C)(C)C(=O)O)c1O. The Balaban J connectivity index is 3.26. The lowest BCUT2D eigenvalue weighted by atomic mass is 9.84. The second-order valence-electron chi connectivity index (χ2n) is 5.75. The van der Waals surface area contributed by atoms with Crippen LogP contribution in [0.15, 0.2) is 12.1 Å². The molecule has 0 unspecified atom stereocenters. The molecule has 0 spiro atoms. The molecule has 0 fully saturated rings. The van der Waals surface area contributed by atoms with E-state index < -0.39 is 11.4 Å². The largest absolute Gasteiger partial charge is 0.504 e. The van der Waals surface area contributed by atoms with Gasteiger partial charge in [0, 0.05) is 0 Å². The van der Waals surface area contributed by atoms with Gasteiger partial charge in [0.25, 0.3) is 0 Å². The molecule has 106 valence electrons. The summed E-state index contributed by atoms with van der Waals surface area (Å²) < 4.78 is 5.15. The Morgan fingerprint density at radius 3 is 2.37 bits per heavy atom.